The second-order valence-corrected chi connectivity index (χ2v) is 10.2. The van der Waals surface area contributed by atoms with Crippen LogP contribution in [0.3, 0.4) is 0 Å². The molecule has 0 aliphatic heterocycles. The van der Waals surface area contributed by atoms with E-state index in [0.29, 0.717) is 10.8 Å². The lowest BCUT2D eigenvalue weighted by Gasteiger charge is -2.03. The minimum absolute atomic E-state index is 0.211. The fourth-order valence-electron chi connectivity index (χ4n) is 3.84. The van der Waals surface area contributed by atoms with E-state index in [0.717, 1.165) is 17.8 Å². The van der Waals surface area contributed by atoms with Gasteiger partial charge in [0.15, 0.2) is 10.5 Å². The van der Waals surface area contributed by atoms with Gasteiger partial charge in [0, 0.05) is 12.1 Å². The Kier molecular flexibility index (Phi) is 14.0. The third-order valence-electron chi connectivity index (χ3n) is 5.78. The highest BCUT2D eigenvalue weighted by Crippen LogP contribution is 2.23. The van der Waals surface area contributed by atoms with Crippen molar-refractivity contribution in [2.24, 2.45) is 10.2 Å². The summed E-state index contributed by atoms with van der Waals surface area (Å²) in [6.07, 6.45) is 21.3. The number of unbranched alkanes of at least 4 members (excludes halogenated alkanes) is 14. The highest BCUT2D eigenvalue weighted by Gasteiger charge is 2.06. The zero-order valence-electron chi connectivity index (χ0n) is 20.3. The molecule has 0 unspecified atom stereocenters. The predicted molar refractivity (Wildman–Crippen MR) is 140 cm³/mol. The average Bonchev–Trinajstić information content (AvgIpc) is 3.23. The minimum Gasteiger partial charge on any atom is -0.334 e. The van der Waals surface area contributed by atoms with Crippen molar-refractivity contribution in [3.63, 3.8) is 0 Å². The fraction of sp³-hybridized carbons (Fsp3) is 0.750. The molecule has 0 aliphatic carbocycles. The maximum atomic E-state index is 11.9. The van der Waals surface area contributed by atoms with Gasteiger partial charge in [0.25, 0.3) is 10.7 Å². The molecule has 7 nitrogen and oxygen atoms in total. The maximum Gasteiger partial charge on any atom is 0.279 e. The van der Waals surface area contributed by atoms with Gasteiger partial charge in [0.05, 0.1) is 0 Å². The molecule has 0 atom stereocenters. The molecule has 0 aliphatic rings. The number of hydrogen-bond donors (Lipinski definition) is 2. The first-order chi connectivity index (χ1) is 16.1. The molecule has 0 radical (unpaired) electrons. The van der Waals surface area contributed by atoms with Crippen LogP contribution < -0.4 is 5.56 Å². The number of nitrogens with one attached hydrogen (secondary N) is 2. The first-order valence-electron chi connectivity index (χ1n) is 12.7. The Morgan fingerprint density at radius 1 is 0.788 bits per heavy atom. The Balaban J connectivity index is 1.50. The number of azo groups is 1. The molecule has 0 aromatic carbocycles. The molecule has 2 aromatic rings. The standard InChI is InChI=1S/C24H40N6OS2/c1-3-4-5-6-7-8-9-10-11-12-13-14-15-16-17-18-20-27-29-24(33-20)30-28-21-19(2)25-23(32)26-22(21)31/h3-18H2,1-2H3,(H2,25,26,31,32). The molecule has 0 amide bonds. The van der Waals surface area contributed by atoms with Gasteiger partial charge in [-0.05, 0) is 25.6 Å². The molecule has 2 N–H and O–H groups in total. The molecule has 0 saturated heterocycles. The summed E-state index contributed by atoms with van der Waals surface area (Å²) >= 11 is 6.36. The number of hydrogen-bond acceptors (Lipinski definition) is 7. The van der Waals surface area contributed by atoms with Crippen LogP contribution in [0.5, 0.6) is 0 Å². The van der Waals surface area contributed by atoms with Crippen LogP contribution in [-0.2, 0) is 6.42 Å². The third-order valence-corrected chi connectivity index (χ3v) is 6.86. The Morgan fingerprint density at radius 2 is 1.33 bits per heavy atom. The molecule has 9 heteroatoms. The third kappa shape index (κ3) is 11.8. The van der Waals surface area contributed by atoms with E-state index in [1.54, 1.807) is 6.92 Å². The molecule has 2 aromatic heterocycles. The van der Waals surface area contributed by atoms with Gasteiger partial charge in [-0.15, -0.1) is 20.4 Å². The predicted octanol–water partition coefficient (Wildman–Crippen LogP) is 8.42. The van der Waals surface area contributed by atoms with Crippen molar-refractivity contribution in [2.75, 3.05) is 0 Å². The SMILES string of the molecule is CCCCCCCCCCCCCCCCCc1nnc(N=Nc2c(C)[nH]c(=S)[nH]c2=O)s1. The van der Waals surface area contributed by atoms with Crippen molar-refractivity contribution in [3.8, 4) is 0 Å². The van der Waals surface area contributed by atoms with Gasteiger partial charge in [-0.1, -0.05) is 108 Å². The molecular formula is C24H40N6OS2. The van der Waals surface area contributed by atoms with Gasteiger partial charge in [-0.3, -0.25) is 9.78 Å². The summed E-state index contributed by atoms with van der Waals surface area (Å²) < 4.78 is 0.276. The molecular weight excluding hydrogens is 452 g/mol. The van der Waals surface area contributed by atoms with Crippen molar-refractivity contribution in [1.82, 2.24) is 20.2 Å². The molecule has 0 saturated carbocycles. The van der Waals surface area contributed by atoms with E-state index >= 15 is 0 Å². The van der Waals surface area contributed by atoms with Crippen LogP contribution in [0.25, 0.3) is 0 Å². The Morgan fingerprint density at radius 3 is 1.88 bits per heavy atom. The van der Waals surface area contributed by atoms with Crippen LogP contribution in [0.4, 0.5) is 10.8 Å². The highest BCUT2D eigenvalue weighted by molar-refractivity contribution is 7.71. The van der Waals surface area contributed by atoms with Crippen LogP contribution in [0, 0.1) is 11.7 Å². The smallest absolute Gasteiger partial charge is 0.279 e. The van der Waals surface area contributed by atoms with Gasteiger partial charge < -0.3 is 4.98 Å². The van der Waals surface area contributed by atoms with Gasteiger partial charge >= 0.3 is 0 Å². The Hall–Kier alpha value is -1.74. The largest absolute Gasteiger partial charge is 0.334 e. The van der Waals surface area contributed by atoms with Crippen LogP contribution in [0.2, 0.25) is 0 Å². The highest BCUT2D eigenvalue weighted by atomic mass is 32.1. The number of H-pyrrole nitrogens is 2. The second-order valence-electron chi connectivity index (χ2n) is 8.76. The van der Waals surface area contributed by atoms with Crippen molar-refractivity contribution in [2.45, 2.75) is 117 Å². The number of aromatic nitrogens is 4. The number of nitrogens with zero attached hydrogens (tertiary/aromatic N) is 4. The zero-order chi connectivity index (χ0) is 23.7. The molecule has 0 bridgehead atoms. The van der Waals surface area contributed by atoms with Crippen molar-refractivity contribution in [3.05, 3.63) is 25.8 Å². The number of aromatic amines is 2. The molecule has 2 rings (SSSR count). The Labute approximate surface area is 207 Å². The first-order valence-corrected chi connectivity index (χ1v) is 13.9. The second kappa shape index (κ2) is 16.8. The summed E-state index contributed by atoms with van der Waals surface area (Å²) in [4.78, 5) is 17.3. The van der Waals surface area contributed by atoms with Crippen LogP contribution >= 0.6 is 23.6 Å². The van der Waals surface area contributed by atoms with Crippen LogP contribution in [-0.4, -0.2) is 20.2 Å². The summed E-state index contributed by atoms with van der Waals surface area (Å²) in [5, 5.41) is 17.8. The molecule has 33 heavy (non-hydrogen) atoms. The lowest BCUT2D eigenvalue weighted by atomic mass is 10.0. The fourth-order valence-corrected chi connectivity index (χ4v) is 4.79. The van der Waals surface area contributed by atoms with Gasteiger partial charge in [-0.25, -0.2) is 0 Å². The van der Waals surface area contributed by atoms with E-state index in [-0.39, 0.29) is 16.0 Å². The van der Waals surface area contributed by atoms with Gasteiger partial charge in [0.2, 0.25) is 0 Å². The first kappa shape index (κ1) is 27.5. The summed E-state index contributed by atoms with van der Waals surface area (Å²) in [5.41, 5.74) is 0.431. The maximum absolute atomic E-state index is 11.9. The van der Waals surface area contributed by atoms with Gasteiger partial charge in [-0.2, -0.15) is 0 Å². The molecule has 2 heterocycles. The van der Waals surface area contributed by atoms with E-state index in [1.807, 2.05) is 0 Å². The van der Waals surface area contributed by atoms with Crippen LogP contribution in [0.15, 0.2) is 15.0 Å². The number of aryl methyl sites for hydroxylation is 2. The van der Waals surface area contributed by atoms with E-state index < -0.39 is 0 Å². The van der Waals surface area contributed by atoms with Gasteiger partial charge in [0.1, 0.15) is 5.01 Å². The van der Waals surface area contributed by atoms with E-state index in [4.69, 9.17) is 12.2 Å². The summed E-state index contributed by atoms with van der Waals surface area (Å²) in [5.74, 6) is 0. The monoisotopic (exact) mass is 492 g/mol. The summed E-state index contributed by atoms with van der Waals surface area (Å²) in [6, 6.07) is 0. The van der Waals surface area contributed by atoms with E-state index in [2.05, 4.69) is 37.3 Å². The lowest BCUT2D eigenvalue weighted by molar-refractivity contribution is 0.532. The molecule has 0 spiro atoms. The van der Waals surface area contributed by atoms with Crippen molar-refractivity contribution >= 4 is 34.4 Å². The topological polar surface area (TPSA) is 99.1 Å². The van der Waals surface area contributed by atoms with E-state index in [9.17, 15) is 4.79 Å². The zero-order valence-corrected chi connectivity index (χ0v) is 22.0. The lowest BCUT2D eigenvalue weighted by Crippen LogP contribution is -2.08. The molecule has 184 valence electrons. The molecule has 0 fully saturated rings. The average molecular weight is 493 g/mol. The normalized spacial score (nSPS) is 11.6. The quantitative estimate of drug-likeness (QED) is 0.124. The van der Waals surface area contributed by atoms with Crippen LogP contribution in [0.1, 0.15) is 114 Å². The number of rotatable bonds is 18. The Bertz CT molecular complexity index is 934. The van der Waals surface area contributed by atoms with Crippen molar-refractivity contribution < 1.29 is 0 Å². The minimum atomic E-state index is -0.359. The summed E-state index contributed by atoms with van der Waals surface area (Å²) in [7, 11) is 0. The van der Waals surface area contributed by atoms with E-state index in [1.165, 1.54) is 101 Å². The van der Waals surface area contributed by atoms with Crippen molar-refractivity contribution in [1.29, 1.82) is 0 Å². The summed E-state index contributed by atoms with van der Waals surface area (Å²) in [6.45, 7) is 4.01.